The van der Waals surface area contributed by atoms with E-state index in [0.29, 0.717) is 29.6 Å². The topological polar surface area (TPSA) is 159 Å². The highest BCUT2D eigenvalue weighted by Gasteiger charge is 2.27. The average Bonchev–Trinajstić information content (AvgIpc) is 3.37. The number of ether oxygens (including phenoxy) is 1. The molecule has 0 aliphatic carbocycles. The molecule has 2 atom stereocenters. The summed E-state index contributed by atoms with van der Waals surface area (Å²) in [5, 5.41) is 25.0. The summed E-state index contributed by atoms with van der Waals surface area (Å²) in [5.74, 6) is 5.74. The quantitative estimate of drug-likeness (QED) is 0.184. The smallest absolute Gasteiger partial charge is 0.288 e. The zero-order valence-electron chi connectivity index (χ0n) is 23.6. The highest BCUT2D eigenvalue weighted by atomic mass is 32.2. The molecule has 0 amide bonds. The van der Waals surface area contributed by atoms with E-state index in [-0.39, 0.29) is 52.5 Å². The summed E-state index contributed by atoms with van der Waals surface area (Å²) >= 11 is 0. The maximum absolute atomic E-state index is 14.8. The van der Waals surface area contributed by atoms with Crippen molar-refractivity contribution in [3.8, 4) is 17.6 Å². The van der Waals surface area contributed by atoms with Crippen molar-refractivity contribution in [1.29, 1.82) is 0 Å². The molecule has 1 aliphatic rings. The number of hydrogen-bond donors (Lipinski definition) is 5. The van der Waals surface area contributed by atoms with Crippen LogP contribution in [0.25, 0.3) is 10.9 Å². The summed E-state index contributed by atoms with van der Waals surface area (Å²) in [4.78, 5) is -0.152. The normalized spacial score (nSPS) is 16.7. The Morgan fingerprint density at radius 3 is 2.50 bits per heavy atom. The molecule has 0 radical (unpaired) electrons. The number of hydrogen-bond acceptors (Lipinski definition) is 9. The van der Waals surface area contributed by atoms with Gasteiger partial charge in [-0.3, -0.25) is 4.57 Å². The number of fused-ring (bicyclic) bond motifs is 1. The van der Waals surface area contributed by atoms with Crippen molar-refractivity contribution in [2.75, 3.05) is 48.9 Å². The number of aliphatic hydroxyl groups is 2. The summed E-state index contributed by atoms with van der Waals surface area (Å²) in [7, 11) is -5.77. The Labute approximate surface area is 253 Å². The van der Waals surface area contributed by atoms with Crippen LogP contribution < -0.4 is 20.1 Å². The standard InChI is InChI=1S/C28H33F3N4O7S2/c1-42-26-15-21(44(40,41)33-16-20(37)17-36)7-8-24(26)32-11-3-4-19-14-22-23(34-18-9-12-43(38,39)13-10-18)5-2-6-25(22)35(19)28(31)27(29)30/h2,5-8,14-15,18,20,27-28,32-34,36-37H,9-13,16-17H2,1H3. The summed E-state index contributed by atoms with van der Waals surface area (Å²) in [5.41, 5.74) is 1.11. The first kappa shape index (κ1) is 33.4. The number of aliphatic hydroxyl groups excluding tert-OH is 2. The van der Waals surface area contributed by atoms with Crippen molar-refractivity contribution in [3.63, 3.8) is 0 Å². The Balaban J connectivity index is 1.55. The van der Waals surface area contributed by atoms with Gasteiger partial charge in [0.05, 0.1) is 59.7 Å². The van der Waals surface area contributed by atoms with Crippen molar-refractivity contribution in [2.24, 2.45) is 0 Å². The fourth-order valence-corrected chi connectivity index (χ4v) is 7.30. The monoisotopic (exact) mass is 658 g/mol. The summed E-state index contributed by atoms with van der Waals surface area (Å²) in [6.45, 7) is -1.04. The minimum atomic E-state index is -4.02. The van der Waals surface area contributed by atoms with Crippen LogP contribution in [-0.2, 0) is 19.9 Å². The summed E-state index contributed by atoms with van der Waals surface area (Å²) < 4.78 is 98.8. The zero-order valence-corrected chi connectivity index (χ0v) is 25.3. The number of nitrogens with one attached hydrogen (secondary N) is 3. The molecule has 1 aromatic heterocycles. The number of halogens is 3. The van der Waals surface area contributed by atoms with Crippen LogP contribution in [0.5, 0.6) is 5.75 Å². The molecular formula is C28H33F3N4O7S2. The minimum absolute atomic E-state index is 0.000352. The third-order valence-electron chi connectivity index (χ3n) is 7.04. The van der Waals surface area contributed by atoms with Gasteiger partial charge >= 0.3 is 0 Å². The van der Waals surface area contributed by atoms with E-state index in [9.17, 15) is 35.1 Å². The number of nitrogens with zero attached hydrogens (tertiary/aromatic N) is 1. The molecule has 4 rings (SSSR count). The van der Waals surface area contributed by atoms with Crippen molar-refractivity contribution in [1.82, 2.24) is 9.29 Å². The highest BCUT2D eigenvalue weighted by molar-refractivity contribution is 7.91. The molecule has 1 fully saturated rings. The Morgan fingerprint density at radius 2 is 1.84 bits per heavy atom. The van der Waals surface area contributed by atoms with Crippen LogP contribution >= 0.6 is 0 Å². The van der Waals surface area contributed by atoms with E-state index in [1.165, 1.54) is 37.4 Å². The van der Waals surface area contributed by atoms with Crippen LogP contribution in [0, 0.1) is 11.8 Å². The lowest BCUT2D eigenvalue weighted by Crippen LogP contribution is -2.33. The van der Waals surface area contributed by atoms with Crippen LogP contribution in [0.15, 0.2) is 47.4 Å². The number of sulfone groups is 1. The maximum atomic E-state index is 14.8. The predicted octanol–water partition coefficient (Wildman–Crippen LogP) is 2.47. The highest BCUT2D eigenvalue weighted by Crippen LogP contribution is 2.33. The molecule has 2 aromatic carbocycles. The van der Waals surface area contributed by atoms with Crippen molar-refractivity contribution in [3.05, 3.63) is 48.2 Å². The van der Waals surface area contributed by atoms with E-state index in [4.69, 9.17) is 9.84 Å². The number of anilines is 2. The number of sulfonamides is 1. The van der Waals surface area contributed by atoms with Crippen LogP contribution in [0.3, 0.4) is 0 Å². The third-order valence-corrected chi connectivity index (χ3v) is 10.2. The number of aromatic nitrogens is 1. The second kappa shape index (κ2) is 14.1. The van der Waals surface area contributed by atoms with E-state index in [0.717, 1.165) is 4.57 Å². The molecule has 3 aromatic rings. The third kappa shape index (κ3) is 7.96. The molecule has 0 saturated carbocycles. The summed E-state index contributed by atoms with van der Waals surface area (Å²) in [6, 6.07) is 10.1. The molecule has 5 N–H and O–H groups in total. The Hall–Kier alpha value is -3.49. The first-order valence-corrected chi connectivity index (χ1v) is 16.9. The molecule has 0 bridgehead atoms. The molecule has 2 heterocycles. The van der Waals surface area contributed by atoms with Gasteiger partial charge in [-0.15, -0.1) is 0 Å². The molecule has 1 aliphatic heterocycles. The van der Waals surface area contributed by atoms with Gasteiger partial charge in [-0.05, 0) is 49.1 Å². The average molecular weight is 659 g/mol. The van der Waals surface area contributed by atoms with Crippen LogP contribution in [-0.4, -0.2) is 88.5 Å². The van der Waals surface area contributed by atoms with Gasteiger partial charge in [0.1, 0.15) is 15.6 Å². The Morgan fingerprint density at radius 1 is 1.11 bits per heavy atom. The number of methoxy groups -OCH3 is 1. The first-order valence-electron chi connectivity index (χ1n) is 13.6. The van der Waals surface area contributed by atoms with Crippen molar-refractivity contribution >= 4 is 42.1 Å². The molecule has 0 spiro atoms. The van der Waals surface area contributed by atoms with E-state index < -0.39 is 45.3 Å². The van der Waals surface area contributed by atoms with Gasteiger partial charge in [0.25, 0.3) is 6.43 Å². The summed E-state index contributed by atoms with van der Waals surface area (Å²) in [6.07, 6.45) is -6.47. The lowest BCUT2D eigenvalue weighted by molar-refractivity contribution is 0.0102. The van der Waals surface area contributed by atoms with Crippen molar-refractivity contribution < 1.29 is 45.0 Å². The van der Waals surface area contributed by atoms with Crippen LogP contribution in [0.4, 0.5) is 24.5 Å². The van der Waals surface area contributed by atoms with Gasteiger partial charge in [0, 0.05) is 29.7 Å². The number of benzene rings is 2. The van der Waals surface area contributed by atoms with Gasteiger partial charge < -0.3 is 25.6 Å². The van der Waals surface area contributed by atoms with Gasteiger partial charge in [0.2, 0.25) is 16.3 Å². The molecule has 44 heavy (non-hydrogen) atoms. The molecule has 1 saturated heterocycles. The van der Waals surface area contributed by atoms with E-state index in [1.807, 2.05) is 0 Å². The van der Waals surface area contributed by atoms with Gasteiger partial charge in [-0.1, -0.05) is 12.0 Å². The molecule has 11 nitrogen and oxygen atoms in total. The largest absolute Gasteiger partial charge is 0.495 e. The first-order chi connectivity index (χ1) is 20.8. The molecule has 240 valence electrons. The SMILES string of the molecule is COc1cc(S(=O)(=O)NCC(O)CO)ccc1NCC#Cc1cc2c(NC3CCS(=O)(=O)CC3)cccc2n1C(F)C(F)F. The second-order valence-corrected chi connectivity index (χ2v) is 14.2. The van der Waals surface area contributed by atoms with E-state index in [1.54, 1.807) is 12.1 Å². The van der Waals surface area contributed by atoms with Crippen LogP contribution in [0.1, 0.15) is 24.8 Å². The second-order valence-electron chi connectivity index (χ2n) is 10.1. The van der Waals surface area contributed by atoms with Crippen molar-refractivity contribution in [2.45, 2.75) is 42.6 Å². The number of alkyl halides is 3. The number of rotatable bonds is 12. The zero-order chi connectivity index (χ0) is 32.1. The Bertz CT molecular complexity index is 1740. The van der Waals surface area contributed by atoms with Gasteiger partial charge in [0.15, 0.2) is 0 Å². The van der Waals surface area contributed by atoms with E-state index in [2.05, 4.69) is 27.2 Å². The van der Waals surface area contributed by atoms with Gasteiger partial charge in [-0.25, -0.2) is 34.7 Å². The minimum Gasteiger partial charge on any atom is -0.495 e. The lowest BCUT2D eigenvalue weighted by atomic mass is 10.1. The molecule has 2 unspecified atom stereocenters. The molecule has 16 heteroatoms. The Kier molecular flexibility index (Phi) is 10.7. The van der Waals surface area contributed by atoms with E-state index >= 15 is 0 Å². The molecular weight excluding hydrogens is 625 g/mol. The predicted molar refractivity (Wildman–Crippen MR) is 160 cm³/mol. The maximum Gasteiger partial charge on any atom is 0.288 e. The fraction of sp³-hybridized carbons (Fsp3) is 0.429. The van der Waals surface area contributed by atoms with Gasteiger partial charge in [-0.2, -0.15) is 0 Å². The fourth-order valence-electron chi connectivity index (χ4n) is 4.72. The lowest BCUT2D eigenvalue weighted by Gasteiger charge is -2.24. The van der Waals surface area contributed by atoms with Crippen LogP contribution in [0.2, 0.25) is 0 Å².